The van der Waals surface area contributed by atoms with Gasteiger partial charge in [-0.3, -0.25) is 4.98 Å². The topological polar surface area (TPSA) is 52.1 Å². The first-order chi connectivity index (χ1) is 5.99. The Hall–Kier alpha value is -1.66. The molecule has 0 radical (unpaired) electrons. The maximum Gasteiger partial charge on any atom is 0.575 e. The third-order valence-corrected chi connectivity index (χ3v) is 0.981. The van der Waals surface area contributed by atoms with Gasteiger partial charge in [-0.1, -0.05) is 0 Å². The summed E-state index contributed by atoms with van der Waals surface area (Å²) in [5.74, 6) is -1.57. The summed E-state index contributed by atoms with van der Waals surface area (Å²) in [6.45, 7) is 0. The van der Waals surface area contributed by atoms with Crippen LogP contribution in [0.1, 0.15) is 10.5 Å². The molecule has 0 unspecified atom stereocenters. The molecule has 0 aliphatic carbocycles. The molecule has 13 heavy (non-hydrogen) atoms. The molecule has 0 spiro atoms. The first-order valence-corrected chi connectivity index (χ1v) is 3.05. The minimum atomic E-state index is -4.99. The predicted molar refractivity (Wildman–Crippen MR) is 33.5 cm³/mol. The lowest BCUT2D eigenvalue weighted by Gasteiger charge is -2.05. The van der Waals surface area contributed by atoms with E-state index >= 15 is 0 Å². The summed E-state index contributed by atoms with van der Waals surface area (Å²) in [5.41, 5.74) is -0.486. The van der Waals surface area contributed by atoms with E-state index in [-0.39, 0.29) is 0 Å². The molecule has 1 rings (SSSR count). The average molecular weight is 192 g/mol. The number of hydrogen-bond acceptors (Lipinski definition) is 4. The molecule has 0 amide bonds. The van der Waals surface area contributed by atoms with Crippen LogP contribution in [0.4, 0.5) is 13.2 Å². The van der Waals surface area contributed by atoms with Crippen molar-refractivity contribution in [3.05, 3.63) is 24.3 Å². The lowest BCUT2D eigenvalue weighted by atomic mass is 10.5. The lowest BCUT2D eigenvalue weighted by molar-refractivity contribution is -0.292. The first kappa shape index (κ1) is 9.43. The van der Waals surface area contributed by atoms with Gasteiger partial charge < -0.3 is 4.74 Å². The Kier molecular flexibility index (Phi) is 2.45. The van der Waals surface area contributed by atoms with Crippen molar-refractivity contribution in [1.82, 2.24) is 9.97 Å². The zero-order valence-electron chi connectivity index (χ0n) is 6.08. The highest BCUT2D eigenvalue weighted by Gasteiger charge is 2.34. The van der Waals surface area contributed by atoms with Crippen LogP contribution < -0.4 is 0 Å². The van der Waals surface area contributed by atoms with Gasteiger partial charge in [0.05, 0.1) is 6.20 Å². The van der Waals surface area contributed by atoms with E-state index < -0.39 is 18.0 Å². The zero-order chi connectivity index (χ0) is 9.90. The minimum absolute atomic E-state index is 0.486. The molecule has 0 saturated heterocycles. The Labute approximate surface area is 70.4 Å². The summed E-state index contributed by atoms with van der Waals surface area (Å²) >= 11 is 0. The van der Waals surface area contributed by atoms with Gasteiger partial charge in [0.2, 0.25) is 0 Å². The van der Waals surface area contributed by atoms with Crippen LogP contribution in [0.25, 0.3) is 0 Å². The van der Waals surface area contributed by atoms with E-state index in [0.717, 1.165) is 12.4 Å². The maximum absolute atomic E-state index is 11.5. The Bertz CT molecular complexity index is 298. The van der Waals surface area contributed by atoms with Gasteiger partial charge in [0.15, 0.2) is 5.69 Å². The van der Waals surface area contributed by atoms with Crippen molar-refractivity contribution in [3.8, 4) is 0 Å². The van der Waals surface area contributed by atoms with E-state index in [1.165, 1.54) is 6.20 Å². The highest BCUT2D eigenvalue weighted by Crippen LogP contribution is 2.17. The quantitative estimate of drug-likeness (QED) is 0.626. The van der Waals surface area contributed by atoms with Gasteiger partial charge in [-0.25, -0.2) is 9.78 Å². The lowest BCUT2D eigenvalue weighted by Crippen LogP contribution is -2.20. The molecule has 0 aromatic carbocycles. The van der Waals surface area contributed by atoms with E-state index in [9.17, 15) is 18.0 Å². The number of halogens is 3. The summed E-state index contributed by atoms with van der Waals surface area (Å²) in [7, 11) is 0. The molecule has 1 heterocycles. The molecule has 0 atom stereocenters. The van der Waals surface area contributed by atoms with Crippen LogP contribution in [0.3, 0.4) is 0 Å². The molecule has 0 aliphatic rings. The number of carbonyl (C=O) groups excluding carboxylic acids is 1. The fourth-order valence-corrected chi connectivity index (χ4v) is 0.562. The second-order valence-electron chi connectivity index (χ2n) is 1.93. The largest absolute Gasteiger partial charge is 0.575 e. The first-order valence-electron chi connectivity index (χ1n) is 3.05. The zero-order valence-corrected chi connectivity index (χ0v) is 6.08. The molecule has 7 heteroatoms. The Morgan fingerprint density at radius 2 is 2.08 bits per heavy atom. The third-order valence-electron chi connectivity index (χ3n) is 0.981. The molecule has 70 valence electrons. The van der Waals surface area contributed by atoms with E-state index in [2.05, 4.69) is 14.7 Å². The fourth-order valence-electron chi connectivity index (χ4n) is 0.562. The van der Waals surface area contributed by atoms with Crippen molar-refractivity contribution in [2.75, 3.05) is 0 Å². The second kappa shape index (κ2) is 3.38. The molecule has 0 bridgehead atoms. The molecule has 1 aromatic rings. The summed E-state index contributed by atoms with van der Waals surface area (Å²) in [4.78, 5) is 17.3. The SMILES string of the molecule is O=C(OC(F)(F)F)c1cnccn1. The summed E-state index contributed by atoms with van der Waals surface area (Å²) in [6.07, 6.45) is -1.79. The number of esters is 1. The summed E-state index contributed by atoms with van der Waals surface area (Å²) in [5, 5.41) is 0. The van der Waals surface area contributed by atoms with E-state index in [1.54, 1.807) is 0 Å². The monoisotopic (exact) mass is 192 g/mol. The van der Waals surface area contributed by atoms with Crippen molar-refractivity contribution in [1.29, 1.82) is 0 Å². The van der Waals surface area contributed by atoms with Crippen molar-refractivity contribution >= 4 is 5.97 Å². The van der Waals surface area contributed by atoms with Crippen LogP contribution in [-0.2, 0) is 4.74 Å². The van der Waals surface area contributed by atoms with Crippen LogP contribution in [0.15, 0.2) is 18.6 Å². The number of carbonyl (C=O) groups is 1. The van der Waals surface area contributed by atoms with E-state index in [1.807, 2.05) is 0 Å². The van der Waals surface area contributed by atoms with Gasteiger partial charge >= 0.3 is 12.3 Å². The number of aromatic nitrogens is 2. The van der Waals surface area contributed by atoms with Gasteiger partial charge in [0.1, 0.15) is 0 Å². The van der Waals surface area contributed by atoms with Crippen molar-refractivity contribution in [2.24, 2.45) is 0 Å². The predicted octanol–water partition coefficient (Wildman–Crippen LogP) is 1.15. The van der Waals surface area contributed by atoms with Gasteiger partial charge in [-0.15, -0.1) is 13.2 Å². The van der Waals surface area contributed by atoms with Crippen molar-refractivity contribution < 1.29 is 22.7 Å². The van der Waals surface area contributed by atoms with E-state index in [0.29, 0.717) is 0 Å². The van der Waals surface area contributed by atoms with Crippen LogP contribution in [-0.4, -0.2) is 22.3 Å². The highest BCUT2D eigenvalue weighted by atomic mass is 19.4. The molecule has 4 nitrogen and oxygen atoms in total. The van der Waals surface area contributed by atoms with Gasteiger partial charge in [-0.2, -0.15) is 0 Å². The molecular weight excluding hydrogens is 189 g/mol. The molecular formula is C6H3F3N2O2. The molecule has 1 aromatic heterocycles. The molecule has 0 fully saturated rings. The third kappa shape index (κ3) is 3.06. The summed E-state index contributed by atoms with van der Waals surface area (Å²) in [6, 6.07) is 0. The van der Waals surface area contributed by atoms with Crippen LogP contribution >= 0.6 is 0 Å². The maximum atomic E-state index is 11.5. The van der Waals surface area contributed by atoms with Gasteiger partial charge in [-0.05, 0) is 0 Å². The van der Waals surface area contributed by atoms with Crippen molar-refractivity contribution in [2.45, 2.75) is 6.36 Å². The van der Waals surface area contributed by atoms with Gasteiger partial charge in [0.25, 0.3) is 0 Å². The normalized spacial score (nSPS) is 11.0. The molecule has 0 saturated carbocycles. The Morgan fingerprint density at radius 1 is 1.38 bits per heavy atom. The average Bonchev–Trinajstić information content (AvgIpc) is 2.03. The number of alkyl halides is 3. The summed E-state index contributed by atoms with van der Waals surface area (Å²) < 4.78 is 37.6. The van der Waals surface area contributed by atoms with E-state index in [4.69, 9.17) is 0 Å². The number of hydrogen-bond donors (Lipinski definition) is 0. The van der Waals surface area contributed by atoms with Crippen LogP contribution in [0.5, 0.6) is 0 Å². The number of rotatable bonds is 1. The minimum Gasteiger partial charge on any atom is -0.368 e. The second-order valence-corrected chi connectivity index (χ2v) is 1.93. The number of nitrogens with zero attached hydrogens (tertiary/aromatic N) is 2. The Morgan fingerprint density at radius 3 is 2.54 bits per heavy atom. The number of ether oxygens (including phenoxy) is 1. The van der Waals surface area contributed by atoms with Crippen LogP contribution in [0, 0.1) is 0 Å². The standard InChI is InChI=1S/C6H3F3N2O2/c7-6(8,9)13-5(12)4-3-10-1-2-11-4/h1-3H. The highest BCUT2D eigenvalue weighted by molar-refractivity contribution is 5.86. The Balaban J connectivity index is 2.71. The van der Waals surface area contributed by atoms with Crippen LogP contribution in [0.2, 0.25) is 0 Å². The molecule has 0 N–H and O–H groups in total. The van der Waals surface area contributed by atoms with Crippen molar-refractivity contribution in [3.63, 3.8) is 0 Å². The van der Waals surface area contributed by atoms with Gasteiger partial charge in [0, 0.05) is 12.4 Å². The molecule has 0 aliphatic heterocycles. The smallest absolute Gasteiger partial charge is 0.368 e. The fraction of sp³-hybridized carbons (Fsp3) is 0.167.